The van der Waals surface area contributed by atoms with Crippen molar-refractivity contribution in [1.82, 2.24) is 4.90 Å². The van der Waals surface area contributed by atoms with Gasteiger partial charge in [-0.05, 0) is 56.6 Å². The van der Waals surface area contributed by atoms with E-state index in [2.05, 4.69) is 24.8 Å². The zero-order valence-electron chi connectivity index (χ0n) is 14.5. The van der Waals surface area contributed by atoms with E-state index in [1.807, 2.05) is 11.3 Å². The molecule has 1 saturated heterocycles. The normalized spacial score (nSPS) is 37.6. The lowest BCUT2D eigenvalue weighted by atomic mass is 9.77. The number of fused-ring (bicyclic) bond motifs is 2. The standard InChI is InChI=1S/C19H30N2OS/c1-3-16-10-17-18(23-16)4-7-22-19(17)5-6-21(13(2)11-19)12-14-8-15(20)9-14/h10,13-15H,3-9,11-12,20H2,1-2H3/t13-,14-,15-,19+/m0/s1. The third kappa shape index (κ3) is 2.88. The largest absolute Gasteiger partial charge is 0.370 e. The number of thiophene rings is 1. The van der Waals surface area contributed by atoms with E-state index in [0.717, 1.165) is 38.2 Å². The second-order valence-corrected chi connectivity index (χ2v) is 9.11. The Bertz CT molecular complexity index is 566. The molecular formula is C19H30N2OS. The maximum absolute atomic E-state index is 6.43. The minimum Gasteiger partial charge on any atom is -0.370 e. The van der Waals surface area contributed by atoms with Crippen molar-refractivity contribution in [3.8, 4) is 0 Å². The van der Waals surface area contributed by atoms with Gasteiger partial charge in [0.1, 0.15) is 0 Å². The zero-order chi connectivity index (χ0) is 16.0. The van der Waals surface area contributed by atoms with E-state index in [4.69, 9.17) is 10.5 Å². The number of nitrogens with zero attached hydrogens (tertiary/aromatic N) is 1. The van der Waals surface area contributed by atoms with Gasteiger partial charge in [-0.2, -0.15) is 0 Å². The van der Waals surface area contributed by atoms with Crippen molar-refractivity contribution in [2.24, 2.45) is 11.7 Å². The van der Waals surface area contributed by atoms with Gasteiger partial charge in [-0.15, -0.1) is 11.3 Å². The molecule has 1 aliphatic carbocycles. The van der Waals surface area contributed by atoms with E-state index in [1.54, 1.807) is 4.88 Å². The number of hydrogen-bond acceptors (Lipinski definition) is 4. The van der Waals surface area contributed by atoms with Gasteiger partial charge in [-0.1, -0.05) is 6.92 Å². The quantitative estimate of drug-likeness (QED) is 0.922. The van der Waals surface area contributed by atoms with Crippen molar-refractivity contribution < 1.29 is 4.74 Å². The summed E-state index contributed by atoms with van der Waals surface area (Å²) in [6.07, 6.45) is 7.01. The average molecular weight is 335 g/mol. The van der Waals surface area contributed by atoms with Crippen LogP contribution in [0.5, 0.6) is 0 Å². The van der Waals surface area contributed by atoms with Crippen LogP contribution in [0.1, 0.15) is 54.8 Å². The van der Waals surface area contributed by atoms with E-state index in [1.165, 1.54) is 36.4 Å². The molecule has 0 aromatic carbocycles. The molecule has 1 aromatic rings. The molecule has 0 unspecified atom stereocenters. The fourth-order valence-corrected chi connectivity index (χ4v) is 5.99. The Kier molecular flexibility index (Phi) is 4.29. The molecule has 2 aliphatic heterocycles. The Morgan fingerprint density at radius 2 is 2.26 bits per heavy atom. The van der Waals surface area contributed by atoms with Gasteiger partial charge in [0.2, 0.25) is 0 Å². The predicted molar refractivity (Wildman–Crippen MR) is 96.0 cm³/mol. The average Bonchev–Trinajstić information content (AvgIpc) is 2.93. The molecule has 4 rings (SSSR count). The summed E-state index contributed by atoms with van der Waals surface area (Å²) in [6.45, 7) is 7.97. The van der Waals surface area contributed by atoms with Crippen LogP contribution in [-0.4, -0.2) is 36.7 Å². The fourth-order valence-electron chi connectivity index (χ4n) is 4.81. The van der Waals surface area contributed by atoms with Crippen LogP contribution in [0.25, 0.3) is 0 Å². The molecule has 3 aliphatic rings. The molecule has 0 amide bonds. The second-order valence-electron chi connectivity index (χ2n) is 7.89. The summed E-state index contributed by atoms with van der Waals surface area (Å²) in [5.74, 6) is 0.831. The highest BCUT2D eigenvalue weighted by Gasteiger charge is 2.45. The van der Waals surface area contributed by atoms with Crippen LogP contribution in [0.15, 0.2) is 6.07 Å². The molecule has 2 atom stereocenters. The van der Waals surface area contributed by atoms with Gasteiger partial charge in [0.15, 0.2) is 0 Å². The molecule has 1 spiro atoms. The Balaban J connectivity index is 1.48. The summed E-state index contributed by atoms with van der Waals surface area (Å²) < 4.78 is 6.43. The molecule has 0 radical (unpaired) electrons. The summed E-state index contributed by atoms with van der Waals surface area (Å²) in [5, 5.41) is 0. The second kappa shape index (κ2) is 6.14. The lowest BCUT2D eigenvalue weighted by Gasteiger charge is -2.49. The van der Waals surface area contributed by atoms with Gasteiger partial charge in [0.25, 0.3) is 0 Å². The Morgan fingerprint density at radius 1 is 1.43 bits per heavy atom. The molecule has 3 heterocycles. The van der Waals surface area contributed by atoms with Crippen LogP contribution >= 0.6 is 11.3 Å². The van der Waals surface area contributed by atoms with Crippen LogP contribution in [0.4, 0.5) is 0 Å². The van der Waals surface area contributed by atoms with E-state index < -0.39 is 0 Å². The Morgan fingerprint density at radius 3 is 2.96 bits per heavy atom. The van der Waals surface area contributed by atoms with Crippen LogP contribution in [-0.2, 0) is 23.2 Å². The zero-order valence-corrected chi connectivity index (χ0v) is 15.3. The number of rotatable bonds is 3. The summed E-state index contributed by atoms with van der Waals surface area (Å²) in [6, 6.07) is 3.53. The van der Waals surface area contributed by atoms with Gasteiger partial charge >= 0.3 is 0 Å². The van der Waals surface area contributed by atoms with Gasteiger partial charge in [-0.3, -0.25) is 0 Å². The number of likely N-dealkylation sites (tertiary alicyclic amines) is 1. The number of nitrogens with two attached hydrogens (primary N) is 1. The molecule has 1 aromatic heterocycles. The molecule has 0 bridgehead atoms. The molecule has 3 nitrogen and oxygen atoms in total. The molecule has 1 saturated carbocycles. The summed E-state index contributed by atoms with van der Waals surface area (Å²) in [7, 11) is 0. The molecule has 2 fully saturated rings. The van der Waals surface area contributed by atoms with Crippen LogP contribution in [0.2, 0.25) is 0 Å². The first kappa shape index (κ1) is 16.1. The van der Waals surface area contributed by atoms with E-state index in [-0.39, 0.29) is 5.60 Å². The minimum absolute atomic E-state index is 0.00341. The fraction of sp³-hybridized carbons (Fsp3) is 0.789. The lowest BCUT2D eigenvalue weighted by molar-refractivity contribution is -0.114. The smallest absolute Gasteiger partial charge is 0.0969 e. The molecule has 128 valence electrons. The molecule has 4 heteroatoms. The van der Waals surface area contributed by atoms with Gasteiger partial charge < -0.3 is 15.4 Å². The van der Waals surface area contributed by atoms with Crippen LogP contribution < -0.4 is 5.73 Å². The highest BCUT2D eigenvalue weighted by atomic mass is 32.1. The first-order valence-corrected chi connectivity index (χ1v) is 10.2. The number of ether oxygens (including phenoxy) is 1. The van der Waals surface area contributed by atoms with E-state index in [0.29, 0.717) is 12.1 Å². The van der Waals surface area contributed by atoms with E-state index >= 15 is 0 Å². The summed E-state index contributed by atoms with van der Waals surface area (Å²) >= 11 is 2.02. The number of piperidine rings is 1. The van der Waals surface area contributed by atoms with E-state index in [9.17, 15) is 0 Å². The number of aryl methyl sites for hydroxylation is 1. The van der Waals surface area contributed by atoms with Gasteiger partial charge in [-0.25, -0.2) is 0 Å². The Hall–Kier alpha value is -0.420. The highest BCUT2D eigenvalue weighted by molar-refractivity contribution is 7.12. The van der Waals surface area contributed by atoms with Crippen molar-refractivity contribution in [3.05, 3.63) is 21.4 Å². The van der Waals surface area contributed by atoms with Crippen LogP contribution in [0.3, 0.4) is 0 Å². The maximum Gasteiger partial charge on any atom is 0.0969 e. The number of hydrogen-bond donors (Lipinski definition) is 1. The van der Waals surface area contributed by atoms with Gasteiger partial charge in [0, 0.05) is 41.3 Å². The van der Waals surface area contributed by atoms with Crippen molar-refractivity contribution >= 4 is 11.3 Å². The third-order valence-corrected chi connectivity index (χ3v) is 7.56. The van der Waals surface area contributed by atoms with Crippen molar-refractivity contribution in [3.63, 3.8) is 0 Å². The Labute approximate surface area is 144 Å². The summed E-state index contributed by atoms with van der Waals surface area (Å²) in [4.78, 5) is 5.81. The topological polar surface area (TPSA) is 38.5 Å². The van der Waals surface area contributed by atoms with Crippen LogP contribution in [0, 0.1) is 5.92 Å². The monoisotopic (exact) mass is 334 g/mol. The van der Waals surface area contributed by atoms with Crippen molar-refractivity contribution in [1.29, 1.82) is 0 Å². The summed E-state index contributed by atoms with van der Waals surface area (Å²) in [5.41, 5.74) is 7.49. The molecular weight excluding hydrogens is 304 g/mol. The van der Waals surface area contributed by atoms with Gasteiger partial charge in [0.05, 0.1) is 12.2 Å². The van der Waals surface area contributed by atoms with Crippen molar-refractivity contribution in [2.45, 2.75) is 70.1 Å². The first-order valence-electron chi connectivity index (χ1n) is 9.35. The predicted octanol–water partition coefficient (Wildman–Crippen LogP) is 3.30. The lowest BCUT2D eigenvalue weighted by Crippen LogP contribution is -2.53. The third-order valence-electron chi connectivity index (χ3n) is 6.22. The highest BCUT2D eigenvalue weighted by Crippen LogP contribution is 2.46. The minimum atomic E-state index is 0.00341. The SMILES string of the molecule is CCc1cc2c(s1)CCO[C@@]21CCN(C[C@H]2C[C@H](N)C2)[C@@H](C)C1. The molecule has 23 heavy (non-hydrogen) atoms. The molecule has 2 N–H and O–H groups in total. The first-order chi connectivity index (χ1) is 11.1. The maximum atomic E-state index is 6.43. The van der Waals surface area contributed by atoms with Crippen molar-refractivity contribution in [2.75, 3.05) is 19.7 Å².